The van der Waals surface area contributed by atoms with E-state index in [1.165, 1.54) is 0 Å². The molecule has 0 saturated carbocycles. The molecule has 0 amide bonds. The number of nitrogens with one attached hydrogen (secondary N) is 2. The van der Waals surface area contributed by atoms with Gasteiger partial charge >= 0.3 is 15.5 Å². The summed E-state index contributed by atoms with van der Waals surface area (Å²) in [5.74, 6) is 0.524. The molecule has 0 atom stereocenters. The van der Waals surface area contributed by atoms with Crippen molar-refractivity contribution in [3.05, 3.63) is 65.4 Å². The lowest BCUT2D eigenvalue weighted by atomic mass is 9.96. The first-order chi connectivity index (χ1) is 16.7. The number of H-pyrrole nitrogens is 1. The van der Waals surface area contributed by atoms with Crippen LogP contribution in [0, 0.1) is 0 Å². The second kappa shape index (κ2) is 10.1. The number of tetrazole rings is 1. The summed E-state index contributed by atoms with van der Waals surface area (Å²) in [7, 11) is -5.54. The maximum atomic E-state index is 12.9. The van der Waals surface area contributed by atoms with Gasteiger partial charge in [0.1, 0.15) is 5.00 Å². The fourth-order valence-corrected chi connectivity index (χ4v) is 5.21. The number of rotatable bonds is 9. The van der Waals surface area contributed by atoms with Gasteiger partial charge in [-0.1, -0.05) is 61.9 Å². The third kappa shape index (κ3) is 5.51. The smallest absolute Gasteiger partial charge is 0.265 e. The molecule has 184 valence electrons. The number of nitrogens with zero attached hydrogens (tertiary/aromatic N) is 4. The normalized spacial score (nSPS) is 12.1. The molecule has 0 saturated heterocycles. The van der Waals surface area contributed by atoms with Gasteiger partial charge in [0.15, 0.2) is 5.82 Å². The third-order valence-electron chi connectivity index (χ3n) is 5.34. The first-order valence-electron chi connectivity index (χ1n) is 10.7. The summed E-state index contributed by atoms with van der Waals surface area (Å²) in [6, 6.07) is 15.1. The van der Waals surface area contributed by atoms with Crippen LogP contribution >= 0.6 is 11.5 Å². The number of unbranched alkanes of at least 4 members (excludes halogenated alkanes) is 1. The van der Waals surface area contributed by atoms with Crippen molar-refractivity contribution in [3.63, 3.8) is 0 Å². The van der Waals surface area contributed by atoms with Gasteiger partial charge in [0, 0.05) is 17.5 Å². The Labute approximate surface area is 203 Å². The van der Waals surface area contributed by atoms with Gasteiger partial charge in [-0.15, -0.1) is 5.10 Å². The highest BCUT2D eigenvalue weighted by molar-refractivity contribution is 7.93. The minimum absolute atomic E-state index is 0.110. The van der Waals surface area contributed by atoms with Crippen molar-refractivity contribution in [1.82, 2.24) is 25.0 Å². The van der Waals surface area contributed by atoms with Crippen molar-refractivity contribution in [1.29, 1.82) is 0 Å². The Morgan fingerprint density at radius 1 is 1.06 bits per heavy atom. The zero-order chi connectivity index (χ0) is 25.1. The number of hydrogen-bond donors (Lipinski definition) is 2. The molecule has 0 unspecified atom stereocenters. The van der Waals surface area contributed by atoms with Crippen LogP contribution in [0.4, 0.5) is 18.2 Å². The first-order valence-corrected chi connectivity index (χ1v) is 12.9. The number of aromatic nitrogens is 5. The Balaban J connectivity index is 1.63. The van der Waals surface area contributed by atoms with E-state index < -0.39 is 15.5 Å². The molecule has 2 aromatic heterocycles. The van der Waals surface area contributed by atoms with Gasteiger partial charge in [-0.3, -0.25) is 4.72 Å². The minimum atomic E-state index is -5.54. The van der Waals surface area contributed by atoms with E-state index in [1.807, 2.05) is 55.5 Å². The third-order valence-corrected chi connectivity index (χ3v) is 7.40. The van der Waals surface area contributed by atoms with Crippen molar-refractivity contribution in [2.45, 2.75) is 38.1 Å². The van der Waals surface area contributed by atoms with Gasteiger partial charge in [0.2, 0.25) is 0 Å². The van der Waals surface area contributed by atoms with Crippen molar-refractivity contribution in [2.75, 3.05) is 4.72 Å². The summed E-state index contributed by atoms with van der Waals surface area (Å²) in [5.41, 5.74) is -0.936. The molecule has 0 aliphatic rings. The molecule has 4 aromatic rings. The van der Waals surface area contributed by atoms with E-state index in [1.54, 1.807) is 4.72 Å². The van der Waals surface area contributed by atoms with Crippen LogP contribution in [0.15, 0.2) is 48.5 Å². The average Bonchev–Trinajstić information content (AvgIpc) is 3.48. The van der Waals surface area contributed by atoms with Gasteiger partial charge in [0.05, 0.1) is 5.69 Å². The molecule has 0 aliphatic heterocycles. The van der Waals surface area contributed by atoms with E-state index in [0.29, 0.717) is 23.5 Å². The lowest BCUT2D eigenvalue weighted by Crippen LogP contribution is -2.30. The first kappa shape index (κ1) is 24.8. The molecule has 0 radical (unpaired) electrons. The summed E-state index contributed by atoms with van der Waals surface area (Å²) in [6.07, 6.45) is 2.44. The summed E-state index contributed by atoms with van der Waals surface area (Å²) >= 11 is 0.727. The van der Waals surface area contributed by atoms with Gasteiger partial charge in [-0.25, -0.2) is 5.10 Å². The predicted molar refractivity (Wildman–Crippen MR) is 127 cm³/mol. The van der Waals surface area contributed by atoms with Crippen molar-refractivity contribution >= 4 is 26.6 Å². The van der Waals surface area contributed by atoms with Crippen LogP contribution in [0.1, 0.15) is 36.6 Å². The van der Waals surface area contributed by atoms with Crippen molar-refractivity contribution < 1.29 is 21.6 Å². The van der Waals surface area contributed by atoms with Crippen LogP contribution in [0.5, 0.6) is 0 Å². The number of alkyl halides is 3. The van der Waals surface area contributed by atoms with Crippen LogP contribution < -0.4 is 4.72 Å². The summed E-state index contributed by atoms with van der Waals surface area (Å²) < 4.78 is 68.2. The van der Waals surface area contributed by atoms with E-state index in [9.17, 15) is 21.6 Å². The zero-order valence-electron chi connectivity index (χ0n) is 18.5. The largest absolute Gasteiger partial charge is 0.516 e. The molecular weight excluding hydrogens is 501 g/mol. The van der Waals surface area contributed by atoms with Crippen LogP contribution in [-0.2, 0) is 22.9 Å². The molecule has 8 nitrogen and oxygen atoms in total. The number of anilines is 1. The number of sulfonamides is 1. The topological polar surface area (TPSA) is 114 Å². The minimum Gasteiger partial charge on any atom is -0.265 e. The maximum absolute atomic E-state index is 12.9. The molecule has 0 bridgehead atoms. The summed E-state index contributed by atoms with van der Waals surface area (Å²) in [5, 5.41) is 13.9. The standard InChI is InChI=1S/C22H21F3N6O2S2/c1-2-3-8-19-18(21(34-28-19)29-35(32,33)22(23,24)25)13-14-9-11-15(12-10-14)16-6-4-5-7-17(16)20-26-30-31-27-20/h4-7,9-12,29H,2-3,8,13H2,1H3,(H,26,27,30,31). The fraction of sp³-hybridized carbons (Fsp3) is 0.273. The Morgan fingerprint density at radius 3 is 2.40 bits per heavy atom. The number of aryl methyl sites for hydroxylation is 1. The number of hydrogen-bond acceptors (Lipinski definition) is 7. The second-order valence-corrected chi connectivity index (χ2v) is 10.2. The van der Waals surface area contributed by atoms with Gasteiger partial charge in [-0.05, 0) is 51.5 Å². The Morgan fingerprint density at radius 2 is 1.77 bits per heavy atom. The molecule has 0 spiro atoms. The molecule has 4 rings (SSSR count). The fourth-order valence-electron chi connectivity index (χ4n) is 3.55. The van der Waals surface area contributed by atoms with Crippen LogP contribution in [0.25, 0.3) is 22.5 Å². The van der Waals surface area contributed by atoms with E-state index in [-0.39, 0.29) is 11.4 Å². The molecule has 2 heterocycles. The zero-order valence-corrected chi connectivity index (χ0v) is 20.1. The lowest BCUT2D eigenvalue weighted by molar-refractivity contribution is -0.0429. The van der Waals surface area contributed by atoms with Crippen LogP contribution in [-0.4, -0.2) is 38.9 Å². The Hall–Kier alpha value is -3.32. The monoisotopic (exact) mass is 522 g/mol. The van der Waals surface area contributed by atoms with Crippen LogP contribution in [0.2, 0.25) is 0 Å². The van der Waals surface area contributed by atoms with E-state index in [0.717, 1.165) is 46.6 Å². The number of halogens is 3. The van der Waals surface area contributed by atoms with Crippen LogP contribution in [0.3, 0.4) is 0 Å². The molecular formula is C22H21F3N6O2S2. The highest BCUT2D eigenvalue weighted by Crippen LogP contribution is 2.34. The van der Waals surface area contributed by atoms with Gasteiger partial charge in [-0.2, -0.15) is 26.0 Å². The Kier molecular flexibility index (Phi) is 7.17. The number of benzene rings is 2. The molecule has 2 N–H and O–H groups in total. The molecule has 35 heavy (non-hydrogen) atoms. The van der Waals surface area contributed by atoms with Crippen molar-refractivity contribution in [3.8, 4) is 22.5 Å². The highest BCUT2D eigenvalue weighted by atomic mass is 32.2. The lowest BCUT2D eigenvalue weighted by Gasteiger charge is -2.12. The number of aromatic amines is 1. The molecule has 0 aliphatic carbocycles. The van der Waals surface area contributed by atoms with E-state index >= 15 is 0 Å². The maximum Gasteiger partial charge on any atom is 0.516 e. The van der Waals surface area contributed by atoms with Gasteiger partial charge in [0.25, 0.3) is 0 Å². The summed E-state index contributed by atoms with van der Waals surface area (Å²) in [4.78, 5) is 0. The highest BCUT2D eigenvalue weighted by Gasteiger charge is 2.46. The molecule has 2 aromatic carbocycles. The Bertz CT molecular complexity index is 1390. The molecule has 13 heteroatoms. The quantitative estimate of drug-likeness (QED) is 0.313. The SMILES string of the molecule is CCCCc1nsc(NS(=O)(=O)C(F)(F)F)c1Cc1ccc(-c2ccccc2-c2nnn[nH]2)cc1. The van der Waals surface area contributed by atoms with Gasteiger partial charge < -0.3 is 0 Å². The average molecular weight is 523 g/mol. The second-order valence-electron chi connectivity index (χ2n) is 7.76. The van der Waals surface area contributed by atoms with E-state index in [4.69, 9.17) is 0 Å². The predicted octanol–water partition coefficient (Wildman–Crippen LogP) is 5.19. The summed E-state index contributed by atoms with van der Waals surface area (Å²) in [6.45, 7) is 1.99. The molecule has 0 fully saturated rings. The van der Waals surface area contributed by atoms with Crippen molar-refractivity contribution in [2.24, 2.45) is 0 Å². The van der Waals surface area contributed by atoms with E-state index in [2.05, 4.69) is 25.0 Å².